The molecule has 0 spiro atoms. The number of anilines is 2. The number of sulfonamides is 1. The van der Waals surface area contributed by atoms with E-state index in [-0.39, 0.29) is 17.3 Å². The Bertz CT molecular complexity index is 1310. The van der Waals surface area contributed by atoms with Gasteiger partial charge in [-0.1, -0.05) is 18.2 Å². The summed E-state index contributed by atoms with van der Waals surface area (Å²) >= 11 is 0. The van der Waals surface area contributed by atoms with E-state index < -0.39 is 10.0 Å². The number of methoxy groups -OCH3 is 3. The van der Waals surface area contributed by atoms with Crippen molar-refractivity contribution in [2.24, 2.45) is 0 Å². The van der Waals surface area contributed by atoms with Gasteiger partial charge in [-0.2, -0.15) is 0 Å². The maximum atomic E-state index is 13.7. The van der Waals surface area contributed by atoms with Gasteiger partial charge in [-0.3, -0.25) is 9.10 Å². The fraction of sp³-hybridized carbons (Fsp3) is 0.296. The second kappa shape index (κ2) is 11.4. The minimum atomic E-state index is -4.03. The molecule has 1 aliphatic rings. The van der Waals surface area contributed by atoms with Crippen LogP contribution in [0.1, 0.15) is 0 Å². The highest BCUT2D eigenvalue weighted by Crippen LogP contribution is 2.34. The summed E-state index contributed by atoms with van der Waals surface area (Å²) in [7, 11) is 0.584. The molecule has 37 heavy (non-hydrogen) atoms. The maximum Gasteiger partial charge on any atom is 0.264 e. The number of hydrogen-bond acceptors (Lipinski definition) is 7. The lowest BCUT2D eigenvalue weighted by Gasteiger charge is -2.37. The summed E-state index contributed by atoms with van der Waals surface area (Å²) in [6.07, 6.45) is 0. The number of piperazine rings is 1. The topological polar surface area (TPSA) is 88.6 Å². The smallest absolute Gasteiger partial charge is 0.264 e. The number of ether oxygens (including phenoxy) is 3. The molecule has 0 unspecified atom stereocenters. The first-order valence-corrected chi connectivity index (χ1v) is 13.3. The number of nitrogens with zero attached hydrogens (tertiary/aromatic N) is 3. The van der Waals surface area contributed by atoms with Crippen molar-refractivity contribution in [1.29, 1.82) is 0 Å². The molecule has 0 aromatic heterocycles. The Morgan fingerprint density at radius 3 is 2.05 bits per heavy atom. The van der Waals surface area contributed by atoms with Gasteiger partial charge in [-0.25, -0.2) is 8.42 Å². The van der Waals surface area contributed by atoms with Gasteiger partial charge in [-0.05, 0) is 48.5 Å². The monoisotopic (exact) mass is 525 g/mol. The highest BCUT2D eigenvalue weighted by atomic mass is 32.2. The van der Waals surface area contributed by atoms with Crippen molar-refractivity contribution in [3.8, 4) is 17.2 Å². The van der Waals surface area contributed by atoms with Gasteiger partial charge in [0.2, 0.25) is 5.91 Å². The van der Waals surface area contributed by atoms with Crippen molar-refractivity contribution in [3.63, 3.8) is 0 Å². The number of carbonyl (C=O) groups is 1. The lowest BCUT2D eigenvalue weighted by Crippen LogP contribution is -2.52. The molecule has 1 amide bonds. The zero-order chi connectivity index (χ0) is 26.4. The molecule has 4 rings (SSSR count). The van der Waals surface area contributed by atoms with Gasteiger partial charge in [-0.15, -0.1) is 0 Å². The molecule has 0 N–H and O–H groups in total. The largest absolute Gasteiger partial charge is 0.497 e. The summed E-state index contributed by atoms with van der Waals surface area (Å²) in [6, 6.07) is 20.7. The van der Waals surface area contributed by atoms with Gasteiger partial charge >= 0.3 is 0 Å². The molecular weight excluding hydrogens is 494 g/mol. The SMILES string of the molecule is COc1ccc(N2CCN(C(=O)CN(c3ccc(OC)c(OC)c3)S(=O)(=O)c3ccccc3)CC2)cc1. The maximum absolute atomic E-state index is 13.7. The zero-order valence-electron chi connectivity index (χ0n) is 21.2. The fourth-order valence-electron chi connectivity index (χ4n) is 4.24. The summed E-state index contributed by atoms with van der Waals surface area (Å²) in [6.45, 7) is 1.90. The molecular formula is C27H31N3O6S. The predicted molar refractivity (Wildman–Crippen MR) is 142 cm³/mol. The van der Waals surface area contributed by atoms with E-state index in [1.165, 1.54) is 26.4 Å². The highest BCUT2D eigenvalue weighted by molar-refractivity contribution is 7.92. The van der Waals surface area contributed by atoms with Crippen molar-refractivity contribution in [2.75, 3.05) is 63.3 Å². The van der Waals surface area contributed by atoms with E-state index in [9.17, 15) is 13.2 Å². The van der Waals surface area contributed by atoms with E-state index in [1.54, 1.807) is 48.4 Å². The Kier molecular flexibility index (Phi) is 8.08. The zero-order valence-corrected chi connectivity index (χ0v) is 22.0. The van der Waals surface area contributed by atoms with Crippen molar-refractivity contribution >= 4 is 27.3 Å². The van der Waals surface area contributed by atoms with Crippen LogP contribution in [0.5, 0.6) is 17.2 Å². The Balaban J connectivity index is 1.55. The Morgan fingerprint density at radius 1 is 0.811 bits per heavy atom. The van der Waals surface area contributed by atoms with Gasteiger partial charge in [0, 0.05) is 37.9 Å². The first-order valence-electron chi connectivity index (χ1n) is 11.8. The molecule has 0 atom stereocenters. The summed E-state index contributed by atoms with van der Waals surface area (Å²) in [5.74, 6) is 1.34. The predicted octanol–water partition coefficient (Wildman–Crippen LogP) is 3.26. The molecule has 196 valence electrons. The van der Waals surface area contributed by atoms with Crippen LogP contribution >= 0.6 is 0 Å². The molecule has 1 aliphatic heterocycles. The van der Waals surface area contributed by atoms with E-state index in [0.29, 0.717) is 43.4 Å². The van der Waals surface area contributed by atoms with Crippen LogP contribution in [0.25, 0.3) is 0 Å². The van der Waals surface area contributed by atoms with Gasteiger partial charge in [0.25, 0.3) is 10.0 Å². The van der Waals surface area contributed by atoms with E-state index >= 15 is 0 Å². The average molecular weight is 526 g/mol. The molecule has 1 saturated heterocycles. The minimum Gasteiger partial charge on any atom is -0.497 e. The van der Waals surface area contributed by atoms with Crippen molar-refractivity contribution < 1.29 is 27.4 Å². The summed E-state index contributed by atoms with van der Waals surface area (Å²) in [4.78, 5) is 17.4. The highest BCUT2D eigenvalue weighted by Gasteiger charge is 2.31. The van der Waals surface area contributed by atoms with Gasteiger partial charge in [0.05, 0.1) is 31.9 Å². The van der Waals surface area contributed by atoms with Crippen LogP contribution < -0.4 is 23.4 Å². The summed E-state index contributed by atoms with van der Waals surface area (Å²) in [5.41, 5.74) is 1.36. The normalized spacial score (nSPS) is 13.7. The van der Waals surface area contributed by atoms with Crippen LogP contribution in [0.2, 0.25) is 0 Å². The number of amides is 1. The molecule has 0 bridgehead atoms. The summed E-state index contributed by atoms with van der Waals surface area (Å²) < 4.78 is 44.3. The lowest BCUT2D eigenvalue weighted by atomic mass is 10.2. The Hall–Kier alpha value is -3.92. The van der Waals surface area contributed by atoms with E-state index in [0.717, 1.165) is 15.7 Å². The first-order chi connectivity index (χ1) is 17.9. The van der Waals surface area contributed by atoms with Gasteiger partial charge in [0.1, 0.15) is 12.3 Å². The molecule has 0 saturated carbocycles. The van der Waals surface area contributed by atoms with Gasteiger partial charge in [0.15, 0.2) is 11.5 Å². The molecule has 3 aromatic rings. The van der Waals surface area contributed by atoms with E-state index in [1.807, 2.05) is 24.3 Å². The standard InChI is InChI=1S/C27H31N3O6S/c1-34-23-12-9-21(10-13-23)28-15-17-29(18-16-28)27(31)20-30(37(32,33)24-7-5-4-6-8-24)22-11-14-25(35-2)26(19-22)36-3/h4-14,19H,15-18,20H2,1-3H3. The second-order valence-electron chi connectivity index (χ2n) is 8.43. The van der Waals surface area contributed by atoms with E-state index in [4.69, 9.17) is 14.2 Å². The molecule has 0 aliphatic carbocycles. The van der Waals surface area contributed by atoms with E-state index in [2.05, 4.69) is 4.90 Å². The Labute approximate surface area is 217 Å². The summed E-state index contributed by atoms with van der Waals surface area (Å²) in [5, 5.41) is 0. The average Bonchev–Trinajstić information content (AvgIpc) is 2.96. The molecule has 1 fully saturated rings. The van der Waals surface area contributed by atoms with Crippen molar-refractivity contribution in [3.05, 3.63) is 72.8 Å². The quantitative estimate of drug-likeness (QED) is 0.424. The molecule has 3 aromatic carbocycles. The number of carbonyl (C=O) groups excluding carboxylic acids is 1. The second-order valence-corrected chi connectivity index (χ2v) is 10.3. The molecule has 10 heteroatoms. The molecule has 0 radical (unpaired) electrons. The number of benzene rings is 3. The van der Waals surface area contributed by atoms with Crippen LogP contribution in [-0.4, -0.2) is 73.3 Å². The fourth-order valence-corrected chi connectivity index (χ4v) is 5.67. The van der Waals surface area contributed by atoms with Crippen LogP contribution in [0.4, 0.5) is 11.4 Å². The van der Waals surface area contributed by atoms with Crippen LogP contribution in [0.15, 0.2) is 77.7 Å². The minimum absolute atomic E-state index is 0.0990. The number of rotatable bonds is 9. The van der Waals surface area contributed by atoms with Crippen LogP contribution in [0, 0.1) is 0 Å². The molecule has 1 heterocycles. The van der Waals surface area contributed by atoms with Crippen LogP contribution in [0.3, 0.4) is 0 Å². The first kappa shape index (κ1) is 26.2. The van der Waals surface area contributed by atoms with Crippen LogP contribution in [-0.2, 0) is 14.8 Å². The Morgan fingerprint density at radius 2 is 1.46 bits per heavy atom. The lowest BCUT2D eigenvalue weighted by molar-refractivity contribution is -0.129. The van der Waals surface area contributed by atoms with Gasteiger partial charge < -0.3 is 24.0 Å². The van der Waals surface area contributed by atoms with Crippen molar-refractivity contribution in [1.82, 2.24) is 4.90 Å². The third-order valence-electron chi connectivity index (χ3n) is 6.34. The number of hydrogen-bond donors (Lipinski definition) is 0. The third-order valence-corrected chi connectivity index (χ3v) is 8.12. The molecule has 9 nitrogen and oxygen atoms in total. The van der Waals surface area contributed by atoms with Crippen molar-refractivity contribution in [2.45, 2.75) is 4.90 Å². The third kappa shape index (κ3) is 5.75.